The number of rotatable bonds is 9. The maximum absolute atomic E-state index is 11.8. The maximum atomic E-state index is 11.8. The minimum Gasteiger partial charge on any atom is -0.497 e. The quantitative estimate of drug-likeness (QED) is 0.506. The smallest absolute Gasteiger partial charge is 0.306 e. The van der Waals surface area contributed by atoms with Crippen LogP contribution in [-0.2, 0) is 16.1 Å². The zero-order valence-corrected chi connectivity index (χ0v) is 14.9. The summed E-state index contributed by atoms with van der Waals surface area (Å²) in [5, 5.41) is 8.88. The number of hydrogen-bond donors (Lipinski definition) is 0. The first-order valence-corrected chi connectivity index (χ1v) is 8.15. The highest BCUT2D eigenvalue weighted by molar-refractivity contribution is 5.69. The predicted octanol–water partition coefficient (Wildman–Crippen LogP) is 3.48. The van der Waals surface area contributed by atoms with Crippen LogP contribution >= 0.6 is 0 Å². The summed E-state index contributed by atoms with van der Waals surface area (Å²) in [4.78, 5) is 11.8. The number of benzene rings is 2. The van der Waals surface area contributed by atoms with E-state index in [1.165, 1.54) is 7.11 Å². The summed E-state index contributed by atoms with van der Waals surface area (Å²) < 4.78 is 21.2. The number of esters is 1. The van der Waals surface area contributed by atoms with Crippen LogP contribution in [0.5, 0.6) is 17.2 Å². The van der Waals surface area contributed by atoms with Crippen molar-refractivity contribution < 1.29 is 23.7 Å². The Bertz CT molecular complexity index is 782. The molecule has 0 aliphatic carbocycles. The number of hydrogen-bond acceptors (Lipinski definition) is 6. The van der Waals surface area contributed by atoms with Crippen molar-refractivity contribution in [2.24, 2.45) is 0 Å². The standard InChI is InChI=1S/C20H21NO5/c1-23-17-6-3-5-16(11-17)14-26-20(22)7-4-10-25-18-9-8-15(13-21)12-19(18)24-2/h3,5-6,8-9,11-12H,4,7,10,14H2,1-2H3. The molecule has 0 aliphatic heterocycles. The van der Waals surface area contributed by atoms with E-state index >= 15 is 0 Å². The second kappa shape index (κ2) is 9.94. The fourth-order valence-electron chi connectivity index (χ4n) is 2.25. The molecule has 0 fully saturated rings. The van der Waals surface area contributed by atoms with Crippen LogP contribution < -0.4 is 14.2 Å². The molecule has 0 atom stereocenters. The van der Waals surface area contributed by atoms with Gasteiger partial charge in [0.15, 0.2) is 11.5 Å². The minimum atomic E-state index is -0.289. The van der Waals surface area contributed by atoms with E-state index < -0.39 is 0 Å². The molecule has 0 bridgehead atoms. The first-order chi connectivity index (χ1) is 12.7. The van der Waals surface area contributed by atoms with Gasteiger partial charge in [-0.3, -0.25) is 4.79 Å². The molecule has 0 N–H and O–H groups in total. The fraction of sp³-hybridized carbons (Fsp3) is 0.300. The lowest BCUT2D eigenvalue weighted by atomic mass is 10.2. The Morgan fingerprint density at radius 1 is 1.08 bits per heavy atom. The van der Waals surface area contributed by atoms with Gasteiger partial charge >= 0.3 is 5.97 Å². The molecule has 2 aromatic rings. The molecule has 0 saturated carbocycles. The van der Waals surface area contributed by atoms with Gasteiger partial charge in [-0.15, -0.1) is 0 Å². The SMILES string of the molecule is COc1cccc(COC(=O)CCCOc2ccc(C#N)cc2OC)c1. The molecule has 0 amide bonds. The molecule has 0 aliphatic rings. The molecule has 0 saturated heterocycles. The average Bonchev–Trinajstić information content (AvgIpc) is 2.69. The monoisotopic (exact) mass is 355 g/mol. The van der Waals surface area contributed by atoms with Crippen molar-refractivity contribution in [2.75, 3.05) is 20.8 Å². The summed E-state index contributed by atoms with van der Waals surface area (Å²) in [5.41, 5.74) is 1.37. The number of carbonyl (C=O) groups excluding carboxylic acids is 1. The normalized spacial score (nSPS) is 9.88. The summed E-state index contributed by atoms with van der Waals surface area (Å²) in [7, 11) is 3.10. The summed E-state index contributed by atoms with van der Waals surface area (Å²) in [6.07, 6.45) is 0.767. The summed E-state index contributed by atoms with van der Waals surface area (Å²) in [6.45, 7) is 0.552. The Balaban J connectivity index is 1.72. The third-order valence-electron chi connectivity index (χ3n) is 3.61. The zero-order chi connectivity index (χ0) is 18.8. The minimum absolute atomic E-state index is 0.209. The van der Waals surface area contributed by atoms with Crippen molar-refractivity contribution in [1.29, 1.82) is 5.26 Å². The number of nitrogens with zero attached hydrogens (tertiary/aromatic N) is 1. The fourth-order valence-corrected chi connectivity index (χ4v) is 2.25. The number of nitriles is 1. The number of ether oxygens (including phenoxy) is 4. The van der Waals surface area contributed by atoms with Gasteiger partial charge < -0.3 is 18.9 Å². The van der Waals surface area contributed by atoms with Gasteiger partial charge in [-0.2, -0.15) is 5.26 Å². The Morgan fingerprint density at radius 2 is 1.92 bits per heavy atom. The summed E-state index contributed by atoms with van der Waals surface area (Å²) >= 11 is 0. The van der Waals surface area contributed by atoms with Crippen molar-refractivity contribution in [2.45, 2.75) is 19.4 Å². The Hall–Kier alpha value is -3.20. The average molecular weight is 355 g/mol. The largest absolute Gasteiger partial charge is 0.497 e. The molecular weight excluding hydrogens is 334 g/mol. The van der Waals surface area contributed by atoms with Gasteiger partial charge in [-0.1, -0.05) is 12.1 Å². The lowest BCUT2D eigenvalue weighted by Crippen LogP contribution is -2.07. The molecule has 6 heteroatoms. The lowest BCUT2D eigenvalue weighted by molar-refractivity contribution is -0.145. The Labute approximate surface area is 152 Å². The summed E-state index contributed by atoms with van der Waals surface area (Å²) in [5.74, 6) is 1.47. The van der Waals surface area contributed by atoms with Crippen LogP contribution in [0.2, 0.25) is 0 Å². The highest BCUT2D eigenvalue weighted by Crippen LogP contribution is 2.28. The van der Waals surface area contributed by atoms with Crippen molar-refractivity contribution in [3.63, 3.8) is 0 Å². The predicted molar refractivity (Wildman–Crippen MR) is 95.2 cm³/mol. The molecule has 0 spiro atoms. The van der Waals surface area contributed by atoms with Gasteiger partial charge in [-0.25, -0.2) is 0 Å². The van der Waals surface area contributed by atoms with E-state index in [1.807, 2.05) is 30.3 Å². The van der Waals surface area contributed by atoms with Gasteiger partial charge in [0.2, 0.25) is 0 Å². The summed E-state index contributed by atoms with van der Waals surface area (Å²) in [6, 6.07) is 14.4. The first-order valence-electron chi connectivity index (χ1n) is 8.15. The molecule has 136 valence electrons. The molecule has 26 heavy (non-hydrogen) atoms. The zero-order valence-electron chi connectivity index (χ0n) is 14.9. The van der Waals surface area contributed by atoms with Gasteiger partial charge in [0, 0.05) is 12.5 Å². The molecule has 0 unspecified atom stereocenters. The van der Waals surface area contributed by atoms with Crippen molar-refractivity contribution in [3.05, 3.63) is 53.6 Å². The van der Waals surface area contributed by atoms with Gasteiger partial charge in [0.05, 0.1) is 32.5 Å². The van der Waals surface area contributed by atoms with Gasteiger partial charge in [0.1, 0.15) is 12.4 Å². The number of carbonyl (C=O) groups is 1. The topological polar surface area (TPSA) is 77.8 Å². The second-order valence-corrected chi connectivity index (χ2v) is 5.44. The molecule has 6 nitrogen and oxygen atoms in total. The first kappa shape index (κ1) is 19.1. The molecule has 2 aromatic carbocycles. The van der Waals surface area contributed by atoms with Crippen LogP contribution in [0.25, 0.3) is 0 Å². The van der Waals surface area contributed by atoms with E-state index in [0.717, 1.165) is 11.3 Å². The molecule has 0 heterocycles. The molecular formula is C20H21NO5. The van der Waals surface area contributed by atoms with Gasteiger partial charge in [-0.05, 0) is 36.2 Å². The van der Waals surface area contributed by atoms with E-state index in [2.05, 4.69) is 0 Å². The highest BCUT2D eigenvalue weighted by Gasteiger charge is 2.08. The third-order valence-corrected chi connectivity index (χ3v) is 3.61. The molecule has 0 radical (unpaired) electrons. The number of methoxy groups -OCH3 is 2. The second-order valence-electron chi connectivity index (χ2n) is 5.44. The van der Waals surface area contributed by atoms with E-state index in [0.29, 0.717) is 30.1 Å². The van der Waals surface area contributed by atoms with Crippen LogP contribution in [0.1, 0.15) is 24.0 Å². The van der Waals surface area contributed by atoms with Crippen LogP contribution in [-0.4, -0.2) is 26.8 Å². The van der Waals surface area contributed by atoms with Gasteiger partial charge in [0.25, 0.3) is 0 Å². The Morgan fingerprint density at radius 3 is 2.65 bits per heavy atom. The van der Waals surface area contributed by atoms with E-state index in [4.69, 9.17) is 24.2 Å². The van der Waals surface area contributed by atoms with E-state index in [9.17, 15) is 4.79 Å². The van der Waals surface area contributed by atoms with E-state index in [-0.39, 0.29) is 19.0 Å². The van der Waals surface area contributed by atoms with Crippen molar-refractivity contribution >= 4 is 5.97 Å². The molecule has 2 rings (SSSR count). The third kappa shape index (κ3) is 5.71. The van der Waals surface area contributed by atoms with Crippen molar-refractivity contribution in [1.82, 2.24) is 0 Å². The van der Waals surface area contributed by atoms with Crippen molar-refractivity contribution in [3.8, 4) is 23.3 Å². The maximum Gasteiger partial charge on any atom is 0.306 e. The lowest BCUT2D eigenvalue weighted by Gasteiger charge is -2.11. The van der Waals surface area contributed by atoms with E-state index in [1.54, 1.807) is 25.3 Å². The highest BCUT2D eigenvalue weighted by atomic mass is 16.5. The van der Waals surface area contributed by atoms with Crippen LogP contribution in [0, 0.1) is 11.3 Å². The Kier molecular flexibility index (Phi) is 7.31. The van der Waals surface area contributed by atoms with Crippen LogP contribution in [0.15, 0.2) is 42.5 Å². The molecule has 0 aromatic heterocycles. The van der Waals surface area contributed by atoms with Crippen LogP contribution in [0.3, 0.4) is 0 Å². The van der Waals surface area contributed by atoms with Crippen LogP contribution in [0.4, 0.5) is 0 Å².